The van der Waals surface area contributed by atoms with E-state index in [2.05, 4.69) is 27.2 Å². The van der Waals surface area contributed by atoms with Gasteiger partial charge in [-0.15, -0.1) is 11.3 Å². The van der Waals surface area contributed by atoms with Gasteiger partial charge < -0.3 is 10.2 Å². The number of urea groups is 1. The summed E-state index contributed by atoms with van der Waals surface area (Å²) < 4.78 is 1.96. The highest BCUT2D eigenvalue weighted by Gasteiger charge is 2.32. The van der Waals surface area contributed by atoms with Crippen molar-refractivity contribution in [2.24, 2.45) is 0 Å². The van der Waals surface area contributed by atoms with E-state index in [1.54, 1.807) is 22.4 Å². The minimum Gasteiger partial charge on any atom is -0.344 e. The normalized spacial score (nSPS) is 18.7. The number of carbonyl (C=O) groups is 1. The molecule has 7 nitrogen and oxygen atoms in total. The summed E-state index contributed by atoms with van der Waals surface area (Å²) in [7, 11) is 0. The maximum absolute atomic E-state index is 11.7. The molecule has 8 heteroatoms. The van der Waals surface area contributed by atoms with E-state index in [-0.39, 0.29) is 6.03 Å². The van der Waals surface area contributed by atoms with Gasteiger partial charge in [-0.25, -0.2) is 9.78 Å². The lowest BCUT2D eigenvalue weighted by Crippen LogP contribution is -2.48. The van der Waals surface area contributed by atoms with Crippen LogP contribution in [0.1, 0.15) is 16.6 Å². The summed E-state index contributed by atoms with van der Waals surface area (Å²) in [5.41, 5.74) is 1.99. The van der Waals surface area contributed by atoms with Crippen molar-refractivity contribution >= 4 is 28.2 Å². The fourth-order valence-corrected chi connectivity index (χ4v) is 3.68. The van der Waals surface area contributed by atoms with E-state index >= 15 is 0 Å². The van der Waals surface area contributed by atoms with Crippen molar-refractivity contribution in [2.45, 2.75) is 19.9 Å². The molecule has 0 radical (unpaired) electrons. The van der Waals surface area contributed by atoms with Gasteiger partial charge in [-0.2, -0.15) is 5.10 Å². The summed E-state index contributed by atoms with van der Waals surface area (Å²) in [6.07, 6.45) is 3.73. The number of anilines is 2. The summed E-state index contributed by atoms with van der Waals surface area (Å²) in [5, 5.41) is 8.32. The standard InChI is InChI=1S/C14H18N6OS/c1-9-10(2)22-14(17-9)18-6-12(7-18)20-8-11(5-16-20)19-4-3-15-13(19)21/h5,8,12H,3-4,6-7H2,1-2H3,(H,15,21). The van der Waals surface area contributed by atoms with Crippen LogP contribution in [-0.2, 0) is 0 Å². The van der Waals surface area contributed by atoms with E-state index in [1.807, 2.05) is 17.8 Å². The minimum atomic E-state index is -0.0384. The van der Waals surface area contributed by atoms with Crippen molar-refractivity contribution in [2.75, 3.05) is 36.0 Å². The third-order valence-corrected chi connectivity index (χ3v) is 5.41. The fraction of sp³-hybridized carbons (Fsp3) is 0.500. The number of hydrogen-bond acceptors (Lipinski definition) is 5. The van der Waals surface area contributed by atoms with Crippen LogP contribution in [0.3, 0.4) is 0 Å². The van der Waals surface area contributed by atoms with Crippen LogP contribution in [0.5, 0.6) is 0 Å². The molecule has 4 rings (SSSR count). The third-order valence-electron chi connectivity index (χ3n) is 4.28. The van der Waals surface area contributed by atoms with Crippen molar-refractivity contribution in [1.82, 2.24) is 20.1 Å². The number of rotatable bonds is 3. The Hall–Kier alpha value is -2.09. The molecule has 2 aliphatic rings. The van der Waals surface area contributed by atoms with Gasteiger partial charge in [0, 0.05) is 37.3 Å². The molecule has 2 fully saturated rings. The molecule has 2 amide bonds. The molecule has 1 N–H and O–H groups in total. The van der Waals surface area contributed by atoms with E-state index in [1.165, 1.54) is 4.88 Å². The summed E-state index contributed by atoms with van der Waals surface area (Å²) in [4.78, 5) is 21.5. The molecule has 0 unspecified atom stereocenters. The van der Waals surface area contributed by atoms with Gasteiger partial charge in [0.1, 0.15) is 0 Å². The van der Waals surface area contributed by atoms with Gasteiger partial charge in [0.05, 0.1) is 23.6 Å². The van der Waals surface area contributed by atoms with Crippen molar-refractivity contribution in [1.29, 1.82) is 0 Å². The molecule has 0 aliphatic carbocycles. The summed E-state index contributed by atoms with van der Waals surface area (Å²) in [6, 6.07) is 0.312. The summed E-state index contributed by atoms with van der Waals surface area (Å²) >= 11 is 1.75. The highest BCUT2D eigenvalue weighted by atomic mass is 32.1. The van der Waals surface area contributed by atoms with Crippen molar-refractivity contribution in [3.8, 4) is 0 Å². The van der Waals surface area contributed by atoms with Crippen molar-refractivity contribution in [3.05, 3.63) is 23.0 Å². The smallest absolute Gasteiger partial charge is 0.322 e. The van der Waals surface area contributed by atoms with Crippen LogP contribution in [-0.4, -0.2) is 47.0 Å². The lowest BCUT2D eigenvalue weighted by Gasteiger charge is -2.39. The Morgan fingerprint density at radius 1 is 1.36 bits per heavy atom. The lowest BCUT2D eigenvalue weighted by molar-refractivity contribution is 0.252. The van der Waals surface area contributed by atoms with Crippen LogP contribution >= 0.6 is 11.3 Å². The summed E-state index contributed by atoms with van der Waals surface area (Å²) in [5.74, 6) is 0. The first kappa shape index (κ1) is 13.6. The molecule has 2 aromatic heterocycles. The van der Waals surface area contributed by atoms with Gasteiger partial charge in [-0.1, -0.05) is 0 Å². The van der Waals surface area contributed by atoms with Crippen LogP contribution in [0.4, 0.5) is 15.6 Å². The zero-order chi connectivity index (χ0) is 15.3. The Kier molecular flexibility index (Phi) is 3.07. The third kappa shape index (κ3) is 2.14. The molecule has 0 saturated carbocycles. The monoisotopic (exact) mass is 318 g/mol. The Labute approximate surface area is 132 Å². The minimum absolute atomic E-state index is 0.0384. The van der Waals surface area contributed by atoms with Crippen molar-refractivity contribution in [3.63, 3.8) is 0 Å². The predicted molar refractivity (Wildman–Crippen MR) is 85.8 cm³/mol. The number of hydrogen-bond donors (Lipinski definition) is 1. The largest absolute Gasteiger partial charge is 0.344 e. The SMILES string of the molecule is Cc1nc(N2CC(n3cc(N4CCNC4=O)cn3)C2)sc1C. The maximum Gasteiger partial charge on any atom is 0.322 e. The molecule has 0 bridgehead atoms. The van der Waals surface area contributed by atoms with Crippen LogP contribution in [0, 0.1) is 13.8 Å². The average molecular weight is 318 g/mol. The molecule has 22 heavy (non-hydrogen) atoms. The van der Waals surface area contributed by atoms with E-state index in [9.17, 15) is 4.79 Å². The number of thiazole rings is 1. The molecule has 2 aromatic rings. The second-order valence-electron chi connectivity index (χ2n) is 5.76. The Morgan fingerprint density at radius 2 is 2.18 bits per heavy atom. The van der Waals surface area contributed by atoms with E-state index in [4.69, 9.17) is 0 Å². The van der Waals surface area contributed by atoms with Gasteiger partial charge >= 0.3 is 6.03 Å². The number of amides is 2. The topological polar surface area (TPSA) is 66.3 Å². The molecule has 0 spiro atoms. The molecule has 4 heterocycles. The molecule has 116 valence electrons. The van der Waals surface area contributed by atoms with Gasteiger partial charge in [-0.05, 0) is 13.8 Å². The predicted octanol–water partition coefficient (Wildman–Crippen LogP) is 1.55. The highest BCUT2D eigenvalue weighted by molar-refractivity contribution is 7.15. The first-order valence-electron chi connectivity index (χ1n) is 7.40. The second kappa shape index (κ2) is 4.98. The average Bonchev–Trinajstić information content (AvgIpc) is 3.11. The van der Waals surface area contributed by atoms with E-state index in [0.29, 0.717) is 19.1 Å². The number of nitrogens with zero attached hydrogens (tertiary/aromatic N) is 5. The Balaban J connectivity index is 1.43. The zero-order valence-corrected chi connectivity index (χ0v) is 13.4. The van der Waals surface area contributed by atoms with Crippen LogP contribution in [0.2, 0.25) is 0 Å². The summed E-state index contributed by atoms with van der Waals surface area (Å²) in [6.45, 7) is 7.39. The first-order chi connectivity index (χ1) is 10.6. The fourth-order valence-electron chi connectivity index (χ4n) is 2.75. The van der Waals surface area contributed by atoms with Crippen molar-refractivity contribution < 1.29 is 4.79 Å². The van der Waals surface area contributed by atoms with E-state index in [0.717, 1.165) is 29.6 Å². The number of aromatic nitrogens is 3. The number of carbonyl (C=O) groups excluding carboxylic acids is 1. The maximum atomic E-state index is 11.7. The van der Waals surface area contributed by atoms with E-state index < -0.39 is 0 Å². The van der Waals surface area contributed by atoms with Gasteiger partial charge in [0.2, 0.25) is 0 Å². The number of nitrogens with one attached hydrogen (secondary N) is 1. The van der Waals surface area contributed by atoms with Crippen LogP contribution in [0.15, 0.2) is 12.4 Å². The Morgan fingerprint density at radius 3 is 2.82 bits per heavy atom. The molecule has 0 atom stereocenters. The second-order valence-corrected chi connectivity index (χ2v) is 6.94. The molecular weight excluding hydrogens is 300 g/mol. The van der Waals surface area contributed by atoms with Gasteiger partial charge in [0.15, 0.2) is 5.13 Å². The first-order valence-corrected chi connectivity index (χ1v) is 8.22. The zero-order valence-electron chi connectivity index (χ0n) is 12.6. The lowest BCUT2D eigenvalue weighted by atomic mass is 10.1. The molecule has 2 aliphatic heterocycles. The number of aryl methyl sites for hydroxylation is 2. The van der Waals surface area contributed by atoms with Gasteiger partial charge in [0.25, 0.3) is 0 Å². The van der Waals surface area contributed by atoms with Gasteiger partial charge in [-0.3, -0.25) is 9.58 Å². The van der Waals surface area contributed by atoms with Crippen LogP contribution < -0.4 is 15.1 Å². The quantitative estimate of drug-likeness (QED) is 0.932. The molecule has 2 saturated heterocycles. The molecule has 0 aromatic carbocycles. The van der Waals surface area contributed by atoms with Crippen LogP contribution in [0.25, 0.3) is 0 Å². The Bertz CT molecular complexity index is 697. The molecular formula is C14H18N6OS. The highest BCUT2D eigenvalue weighted by Crippen LogP contribution is 2.32.